The lowest BCUT2D eigenvalue weighted by Crippen LogP contribution is -1.95. The molecule has 1 aromatic carbocycles. The molecule has 0 amide bonds. The average Bonchev–Trinajstić information content (AvgIpc) is 1.86. The van der Waals surface area contributed by atoms with E-state index in [1.165, 1.54) is 12.1 Å². The molecule has 0 unspecified atom stereocenters. The van der Waals surface area contributed by atoms with Gasteiger partial charge in [0.25, 0.3) is 0 Å². The molecule has 0 aliphatic carbocycles. The lowest BCUT2D eigenvalue weighted by molar-refractivity contribution is 0.376. The van der Waals surface area contributed by atoms with Gasteiger partial charge >= 0.3 is 0 Å². The first-order valence-electron chi connectivity index (χ1n) is 3.07. The van der Waals surface area contributed by atoms with E-state index in [1.807, 2.05) is 13.0 Å². The van der Waals surface area contributed by atoms with Crippen LogP contribution in [0, 0.1) is 6.92 Å². The molecule has 0 aromatic heterocycles. The number of benzene rings is 1. The fourth-order valence-electron chi connectivity index (χ4n) is 0.786. The van der Waals surface area contributed by atoms with Crippen LogP contribution in [0.3, 0.4) is 0 Å². The minimum atomic E-state index is -3.53. The lowest BCUT2D eigenvalue weighted by Gasteiger charge is -2.18. The molecule has 0 radical (unpaired) electrons. The van der Waals surface area contributed by atoms with Crippen LogP contribution in [-0.4, -0.2) is 13.7 Å². The molecule has 62 valence electrons. The van der Waals surface area contributed by atoms with Gasteiger partial charge in [-0.2, -0.15) is 0 Å². The van der Waals surface area contributed by atoms with E-state index in [0.29, 0.717) is 0 Å². The fraction of sp³-hybridized carbons (Fsp3) is 0.143. The van der Waals surface area contributed by atoms with E-state index in [2.05, 4.69) is 0 Å². The Morgan fingerprint density at radius 3 is 2.18 bits per heavy atom. The predicted octanol–water partition coefficient (Wildman–Crippen LogP) is 2.58. The van der Waals surface area contributed by atoms with Gasteiger partial charge in [-0.25, -0.2) is 0 Å². The van der Waals surface area contributed by atoms with Crippen molar-refractivity contribution >= 4 is 10.9 Å². The summed E-state index contributed by atoms with van der Waals surface area (Å²) in [5, 5.41) is 0. The third-order valence-corrected chi connectivity index (χ3v) is 2.19. The van der Waals surface area contributed by atoms with E-state index >= 15 is 0 Å². The van der Waals surface area contributed by atoms with Crippen molar-refractivity contribution in [3.8, 4) is 0 Å². The van der Waals surface area contributed by atoms with Crippen LogP contribution in [0.1, 0.15) is 5.56 Å². The zero-order chi connectivity index (χ0) is 8.48. The highest BCUT2D eigenvalue weighted by molar-refractivity contribution is 8.19. The molecular formula is C7H10O3S. The molecule has 0 saturated heterocycles. The van der Waals surface area contributed by atoms with Crippen LogP contribution in [0.4, 0.5) is 0 Å². The summed E-state index contributed by atoms with van der Waals surface area (Å²) in [6.45, 7) is 1.81. The largest absolute Gasteiger partial charge is 0.304 e. The van der Waals surface area contributed by atoms with Crippen molar-refractivity contribution in [3.63, 3.8) is 0 Å². The molecule has 0 spiro atoms. The van der Waals surface area contributed by atoms with E-state index in [0.717, 1.165) is 5.56 Å². The minimum absolute atomic E-state index is 0.164. The Hall–Kier alpha value is -0.550. The maximum Gasteiger partial charge on any atom is 0.112 e. The number of hydrogen-bond acceptors (Lipinski definition) is 3. The molecule has 0 atom stereocenters. The van der Waals surface area contributed by atoms with Crippen molar-refractivity contribution in [1.82, 2.24) is 0 Å². The van der Waals surface area contributed by atoms with E-state index in [-0.39, 0.29) is 4.90 Å². The van der Waals surface area contributed by atoms with E-state index in [1.54, 1.807) is 6.07 Å². The number of rotatable bonds is 1. The Kier molecular flexibility index (Phi) is 2.20. The maximum absolute atomic E-state index is 8.81. The molecule has 0 fully saturated rings. The summed E-state index contributed by atoms with van der Waals surface area (Å²) in [5.41, 5.74) is 0.886. The standard InChI is InChI=1S/C7H10O3S/c1-6-3-2-4-7(5-6)11(8,9)10/h2-5,8-10H,1H3. The van der Waals surface area contributed by atoms with Crippen molar-refractivity contribution in [2.24, 2.45) is 0 Å². The third-order valence-electron chi connectivity index (χ3n) is 1.31. The summed E-state index contributed by atoms with van der Waals surface area (Å²) < 4.78 is 26.4. The summed E-state index contributed by atoms with van der Waals surface area (Å²) >= 11 is 0. The van der Waals surface area contributed by atoms with Crippen LogP contribution in [0.5, 0.6) is 0 Å². The first-order valence-corrected chi connectivity index (χ1v) is 4.58. The smallest absolute Gasteiger partial charge is 0.112 e. The summed E-state index contributed by atoms with van der Waals surface area (Å²) in [7, 11) is -3.53. The van der Waals surface area contributed by atoms with Crippen LogP contribution in [0.2, 0.25) is 0 Å². The SMILES string of the molecule is Cc1cccc(S(O)(O)O)c1. The van der Waals surface area contributed by atoms with Crippen LogP contribution in [0.25, 0.3) is 0 Å². The maximum atomic E-state index is 8.81. The molecule has 3 nitrogen and oxygen atoms in total. The van der Waals surface area contributed by atoms with Crippen molar-refractivity contribution in [1.29, 1.82) is 0 Å². The average molecular weight is 174 g/mol. The second-order valence-corrected chi connectivity index (χ2v) is 3.84. The Morgan fingerprint density at radius 2 is 1.82 bits per heavy atom. The molecule has 4 heteroatoms. The molecule has 0 bridgehead atoms. The van der Waals surface area contributed by atoms with E-state index < -0.39 is 10.9 Å². The summed E-state index contributed by atoms with van der Waals surface area (Å²) in [5.74, 6) is 0. The molecule has 3 N–H and O–H groups in total. The lowest BCUT2D eigenvalue weighted by atomic mass is 10.2. The number of aryl methyl sites for hydroxylation is 1. The highest BCUT2D eigenvalue weighted by Gasteiger charge is 2.14. The van der Waals surface area contributed by atoms with Crippen molar-refractivity contribution < 1.29 is 13.7 Å². The molecule has 1 aromatic rings. The van der Waals surface area contributed by atoms with Gasteiger partial charge in [-0.1, -0.05) is 12.1 Å². The van der Waals surface area contributed by atoms with Gasteiger partial charge in [0.2, 0.25) is 0 Å². The van der Waals surface area contributed by atoms with Gasteiger partial charge in [0.15, 0.2) is 0 Å². The normalized spacial score (nSPS) is 13.1. The molecular weight excluding hydrogens is 164 g/mol. The molecule has 1 rings (SSSR count). The van der Waals surface area contributed by atoms with Gasteiger partial charge in [-0.3, -0.25) is 0 Å². The Morgan fingerprint density at radius 1 is 1.18 bits per heavy atom. The van der Waals surface area contributed by atoms with Crippen molar-refractivity contribution in [2.45, 2.75) is 11.8 Å². The van der Waals surface area contributed by atoms with Gasteiger partial charge in [-0.15, -0.1) is 0 Å². The van der Waals surface area contributed by atoms with Gasteiger partial charge in [-0.05, 0) is 24.6 Å². The monoisotopic (exact) mass is 174 g/mol. The summed E-state index contributed by atoms with van der Waals surface area (Å²) in [6.07, 6.45) is 0. The number of hydrogen-bond donors (Lipinski definition) is 3. The quantitative estimate of drug-likeness (QED) is 0.613. The zero-order valence-corrected chi connectivity index (χ0v) is 6.88. The van der Waals surface area contributed by atoms with Crippen LogP contribution in [-0.2, 0) is 0 Å². The third kappa shape index (κ3) is 2.20. The molecule has 11 heavy (non-hydrogen) atoms. The zero-order valence-electron chi connectivity index (χ0n) is 6.06. The highest BCUT2D eigenvalue weighted by Crippen LogP contribution is 2.43. The van der Waals surface area contributed by atoms with Crippen LogP contribution >= 0.6 is 10.9 Å². The van der Waals surface area contributed by atoms with Gasteiger partial charge < -0.3 is 13.7 Å². The Bertz CT molecular complexity index is 254. The topological polar surface area (TPSA) is 60.7 Å². The van der Waals surface area contributed by atoms with Gasteiger partial charge in [0.05, 0.1) is 4.90 Å². The predicted molar refractivity (Wildman–Crippen MR) is 44.9 cm³/mol. The summed E-state index contributed by atoms with van der Waals surface area (Å²) in [4.78, 5) is 0.164. The van der Waals surface area contributed by atoms with Crippen molar-refractivity contribution in [2.75, 3.05) is 0 Å². The Balaban J connectivity index is 3.06. The van der Waals surface area contributed by atoms with Gasteiger partial charge in [0, 0.05) is 0 Å². The Labute approximate surface area is 66.9 Å². The second kappa shape index (κ2) is 2.83. The van der Waals surface area contributed by atoms with Crippen molar-refractivity contribution in [3.05, 3.63) is 29.8 Å². The summed E-state index contributed by atoms with van der Waals surface area (Å²) in [6, 6.07) is 6.49. The van der Waals surface area contributed by atoms with E-state index in [4.69, 9.17) is 13.7 Å². The first-order chi connectivity index (χ1) is 5.00. The molecule has 0 heterocycles. The highest BCUT2D eigenvalue weighted by atomic mass is 32.3. The van der Waals surface area contributed by atoms with Crippen LogP contribution < -0.4 is 0 Å². The van der Waals surface area contributed by atoms with Crippen LogP contribution in [0.15, 0.2) is 29.2 Å². The van der Waals surface area contributed by atoms with E-state index in [9.17, 15) is 0 Å². The first kappa shape index (κ1) is 8.55. The molecule has 0 aliphatic heterocycles. The molecule has 0 aliphatic rings. The van der Waals surface area contributed by atoms with Gasteiger partial charge in [0.1, 0.15) is 10.9 Å². The fourth-order valence-corrected chi connectivity index (χ4v) is 1.39. The molecule has 0 saturated carbocycles. The minimum Gasteiger partial charge on any atom is -0.304 e. The second-order valence-electron chi connectivity index (χ2n) is 2.34.